The van der Waals surface area contributed by atoms with Crippen molar-refractivity contribution in [2.45, 2.75) is 32.3 Å². The number of benzene rings is 1. The largest absolute Gasteiger partial charge is 0.387 e. The highest BCUT2D eigenvalue weighted by Crippen LogP contribution is 2.37. The molecule has 1 aromatic heterocycles. The van der Waals surface area contributed by atoms with Crippen molar-refractivity contribution < 1.29 is 5.11 Å². The van der Waals surface area contributed by atoms with Crippen molar-refractivity contribution in [2.24, 2.45) is 0 Å². The summed E-state index contributed by atoms with van der Waals surface area (Å²) in [6.45, 7) is 6.23. The van der Waals surface area contributed by atoms with Crippen LogP contribution in [0.1, 0.15) is 36.0 Å². The Balaban J connectivity index is 2.33. The molecule has 0 aliphatic rings. The maximum Gasteiger partial charge on any atom is 0.0889 e. The first-order chi connectivity index (χ1) is 8.01. The van der Waals surface area contributed by atoms with E-state index in [1.54, 1.807) is 11.3 Å². The lowest BCUT2D eigenvalue weighted by Gasteiger charge is -2.30. The lowest BCUT2D eigenvalue weighted by molar-refractivity contribution is 0.101. The first-order valence-electron chi connectivity index (χ1n) is 5.80. The Kier molecular flexibility index (Phi) is 3.36. The van der Waals surface area contributed by atoms with Crippen LogP contribution in [0.15, 0.2) is 41.8 Å². The van der Waals surface area contributed by atoms with Crippen LogP contribution in [0, 0.1) is 6.92 Å². The summed E-state index contributed by atoms with van der Waals surface area (Å²) in [5, 5.41) is 12.6. The second-order valence-electron chi connectivity index (χ2n) is 4.98. The number of hydrogen-bond acceptors (Lipinski definition) is 2. The first kappa shape index (κ1) is 12.3. The van der Waals surface area contributed by atoms with E-state index in [2.05, 4.69) is 39.0 Å². The summed E-state index contributed by atoms with van der Waals surface area (Å²) in [5.74, 6) is 0. The average molecular weight is 246 g/mol. The van der Waals surface area contributed by atoms with Gasteiger partial charge >= 0.3 is 0 Å². The van der Waals surface area contributed by atoms with Gasteiger partial charge in [0.05, 0.1) is 6.10 Å². The van der Waals surface area contributed by atoms with Crippen LogP contribution in [0.25, 0.3) is 0 Å². The molecule has 0 amide bonds. The molecule has 2 aromatic rings. The molecule has 0 saturated carbocycles. The Morgan fingerprint density at radius 1 is 1.18 bits per heavy atom. The lowest BCUT2D eigenvalue weighted by atomic mass is 9.77. The van der Waals surface area contributed by atoms with Crippen LogP contribution in [-0.2, 0) is 5.41 Å². The molecule has 17 heavy (non-hydrogen) atoms. The number of hydrogen-bond donors (Lipinski definition) is 1. The zero-order valence-electron chi connectivity index (χ0n) is 10.5. The van der Waals surface area contributed by atoms with Crippen molar-refractivity contribution >= 4 is 11.3 Å². The van der Waals surface area contributed by atoms with E-state index in [0.29, 0.717) is 0 Å². The lowest BCUT2D eigenvalue weighted by Crippen LogP contribution is -2.26. The molecule has 0 spiro atoms. The Morgan fingerprint density at radius 2 is 1.82 bits per heavy atom. The molecule has 1 heterocycles. The van der Waals surface area contributed by atoms with Gasteiger partial charge in [-0.3, -0.25) is 0 Å². The molecule has 2 heteroatoms. The minimum Gasteiger partial charge on any atom is -0.387 e. The van der Waals surface area contributed by atoms with Crippen LogP contribution < -0.4 is 0 Å². The van der Waals surface area contributed by atoms with Crippen molar-refractivity contribution in [3.05, 3.63) is 57.8 Å². The zero-order valence-corrected chi connectivity index (χ0v) is 11.3. The molecule has 0 saturated heterocycles. The number of aryl methyl sites for hydroxylation is 1. The fourth-order valence-corrected chi connectivity index (χ4v) is 2.77. The molecule has 0 radical (unpaired) electrons. The summed E-state index contributed by atoms with van der Waals surface area (Å²) in [6, 6.07) is 12.2. The highest BCUT2D eigenvalue weighted by Gasteiger charge is 2.31. The number of thiophene rings is 1. The molecule has 1 N–H and O–H groups in total. The Hall–Kier alpha value is -1.12. The molecule has 1 atom stereocenters. The number of rotatable bonds is 3. The summed E-state index contributed by atoms with van der Waals surface area (Å²) in [6.07, 6.45) is -0.463. The van der Waals surface area contributed by atoms with Crippen LogP contribution in [0.5, 0.6) is 0 Å². The summed E-state index contributed by atoms with van der Waals surface area (Å²) in [7, 11) is 0. The van der Waals surface area contributed by atoms with E-state index in [1.807, 2.05) is 23.6 Å². The third kappa shape index (κ3) is 2.43. The molecule has 0 aliphatic heterocycles. The van der Waals surface area contributed by atoms with Gasteiger partial charge in [-0.2, -0.15) is 0 Å². The normalized spacial score (nSPS) is 13.6. The highest BCUT2D eigenvalue weighted by molar-refractivity contribution is 7.10. The summed E-state index contributed by atoms with van der Waals surface area (Å²) in [5.41, 5.74) is 1.91. The van der Waals surface area contributed by atoms with E-state index < -0.39 is 6.10 Å². The van der Waals surface area contributed by atoms with Crippen LogP contribution in [-0.4, -0.2) is 5.11 Å². The van der Waals surface area contributed by atoms with Crippen molar-refractivity contribution in [1.82, 2.24) is 0 Å². The predicted octanol–water partition coefficient (Wildman–Crippen LogP) is 4.07. The summed E-state index contributed by atoms with van der Waals surface area (Å²) >= 11 is 1.68. The van der Waals surface area contributed by atoms with E-state index in [0.717, 1.165) is 11.1 Å². The first-order valence-corrected chi connectivity index (χ1v) is 6.68. The Labute approximate surface area is 107 Å². The van der Waals surface area contributed by atoms with Crippen molar-refractivity contribution in [1.29, 1.82) is 0 Å². The maximum atomic E-state index is 10.5. The molecule has 2 rings (SSSR count). The smallest absolute Gasteiger partial charge is 0.0889 e. The predicted molar refractivity (Wildman–Crippen MR) is 73.5 cm³/mol. The van der Waals surface area contributed by atoms with Gasteiger partial charge in [-0.05, 0) is 29.5 Å². The van der Waals surface area contributed by atoms with Crippen LogP contribution in [0.4, 0.5) is 0 Å². The van der Waals surface area contributed by atoms with Gasteiger partial charge in [0.25, 0.3) is 0 Å². The second-order valence-corrected chi connectivity index (χ2v) is 6.10. The average Bonchev–Trinajstić information content (AvgIpc) is 2.76. The van der Waals surface area contributed by atoms with Crippen molar-refractivity contribution in [2.75, 3.05) is 0 Å². The Bertz CT molecular complexity index is 485. The molecule has 1 aromatic carbocycles. The molecule has 0 fully saturated rings. The highest BCUT2D eigenvalue weighted by atomic mass is 32.1. The summed E-state index contributed by atoms with van der Waals surface area (Å²) in [4.78, 5) is 1.24. The minimum absolute atomic E-state index is 0.269. The third-order valence-corrected chi connectivity index (χ3v) is 4.15. The van der Waals surface area contributed by atoms with Crippen LogP contribution >= 0.6 is 11.3 Å². The quantitative estimate of drug-likeness (QED) is 0.865. The maximum absolute atomic E-state index is 10.5. The zero-order chi connectivity index (χ0) is 12.5. The van der Waals surface area contributed by atoms with Gasteiger partial charge in [-0.15, -0.1) is 11.3 Å². The number of aliphatic hydroxyl groups excluding tert-OH is 1. The standard InChI is InChI=1S/C15H18OS/c1-11-9-12(10-17-11)14(16)15(2,3)13-7-5-4-6-8-13/h4-10,14,16H,1-3H3. The molecule has 1 unspecified atom stereocenters. The van der Waals surface area contributed by atoms with E-state index in [1.165, 1.54) is 4.88 Å². The SMILES string of the molecule is Cc1cc(C(O)C(C)(C)c2ccccc2)cs1. The molecule has 90 valence electrons. The molecular formula is C15H18OS. The topological polar surface area (TPSA) is 20.2 Å². The number of aliphatic hydroxyl groups is 1. The molecular weight excluding hydrogens is 228 g/mol. The molecule has 0 aliphatic carbocycles. The van der Waals surface area contributed by atoms with Crippen molar-refractivity contribution in [3.63, 3.8) is 0 Å². The van der Waals surface area contributed by atoms with E-state index in [4.69, 9.17) is 0 Å². The van der Waals surface area contributed by atoms with E-state index in [9.17, 15) is 5.11 Å². The molecule has 1 nitrogen and oxygen atoms in total. The van der Waals surface area contributed by atoms with E-state index >= 15 is 0 Å². The second kappa shape index (κ2) is 4.63. The van der Waals surface area contributed by atoms with Gasteiger partial charge in [-0.25, -0.2) is 0 Å². The van der Waals surface area contributed by atoms with Crippen LogP contribution in [0.2, 0.25) is 0 Å². The van der Waals surface area contributed by atoms with Gasteiger partial charge < -0.3 is 5.11 Å². The van der Waals surface area contributed by atoms with Crippen LogP contribution in [0.3, 0.4) is 0 Å². The summed E-state index contributed by atoms with van der Waals surface area (Å²) < 4.78 is 0. The van der Waals surface area contributed by atoms with Crippen molar-refractivity contribution in [3.8, 4) is 0 Å². The Morgan fingerprint density at radius 3 is 2.35 bits per heavy atom. The fraction of sp³-hybridized carbons (Fsp3) is 0.333. The van der Waals surface area contributed by atoms with Gasteiger partial charge in [0.1, 0.15) is 0 Å². The van der Waals surface area contributed by atoms with Gasteiger partial charge in [0, 0.05) is 10.3 Å². The minimum atomic E-state index is -0.463. The third-order valence-electron chi connectivity index (χ3n) is 3.27. The van der Waals surface area contributed by atoms with Gasteiger partial charge in [0.15, 0.2) is 0 Å². The van der Waals surface area contributed by atoms with E-state index in [-0.39, 0.29) is 5.41 Å². The molecule has 0 bridgehead atoms. The fourth-order valence-electron chi connectivity index (χ4n) is 2.05. The monoisotopic (exact) mass is 246 g/mol. The van der Waals surface area contributed by atoms with Gasteiger partial charge in [0.2, 0.25) is 0 Å². The van der Waals surface area contributed by atoms with Gasteiger partial charge in [-0.1, -0.05) is 44.2 Å².